The van der Waals surface area contributed by atoms with Gasteiger partial charge in [0.25, 0.3) is 0 Å². The summed E-state index contributed by atoms with van der Waals surface area (Å²) < 4.78 is 3.17. The van der Waals surface area contributed by atoms with Crippen LogP contribution >= 0.6 is 11.3 Å². The van der Waals surface area contributed by atoms with E-state index in [1.165, 1.54) is 15.0 Å². The standard InChI is InChI=1S/C19H20N4OS.C5H13NO/c24-11-5-1-4-10-20-18-8-9-19-21-13-15(23(19)22-18)17-12-14-6-2-3-7-16(14)25-17;6-4-2-1-3-5-7/h2-3,6-9,12-13,24H,1,4-5,10-11H2,(H,20,22);7H,1-6H2. The van der Waals surface area contributed by atoms with Gasteiger partial charge in [-0.15, -0.1) is 16.4 Å². The summed E-state index contributed by atoms with van der Waals surface area (Å²) in [6.45, 7) is 2.17. The quantitative estimate of drug-likeness (QED) is 0.251. The molecule has 0 saturated carbocycles. The Labute approximate surface area is 192 Å². The number of nitrogens with one attached hydrogen (secondary N) is 1. The summed E-state index contributed by atoms with van der Waals surface area (Å²) >= 11 is 1.76. The lowest BCUT2D eigenvalue weighted by Crippen LogP contribution is -2.06. The lowest BCUT2D eigenvalue weighted by atomic mass is 10.2. The van der Waals surface area contributed by atoms with Gasteiger partial charge < -0.3 is 21.3 Å². The van der Waals surface area contributed by atoms with Crippen LogP contribution in [0, 0.1) is 0 Å². The molecule has 0 spiro atoms. The van der Waals surface area contributed by atoms with E-state index < -0.39 is 0 Å². The summed E-state index contributed by atoms with van der Waals surface area (Å²) in [6.07, 6.45) is 7.78. The SMILES string of the molecule is NCCCCCO.OCCCCCNc1ccc2ncc(-c3cc4ccccc4s3)n2n1. The molecule has 3 heterocycles. The number of benzene rings is 1. The maximum atomic E-state index is 8.83. The molecular weight excluding hydrogens is 422 g/mol. The molecule has 0 fully saturated rings. The lowest BCUT2D eigenvalue weighted by Gasteiger charge is -2.06. The van der Waals surface area contributed by atoms with Gasteiger partial charge in [0.05, 0.1) is 11.1 Å². The number of thiophene rings is 1. The highest BCUT2D eigenvalue weighted by atomic mass is 32.1. The molecule has 8 heteroatoms. The predicted molar refractivity (Wildman–Crippen MR) is 133 cm³/mol. The van der Waals surface area contributed by atoms with Gasteiger partial charge in [0.1, 0.15) is 11.5 Å². The number of aliphatic hydroxyl groups excluding tert-OH is 2. The molecule has 4 aromatic rings. The molecule has 0 atom stereocenters. The highest BCUT2D eigenvalue weighted by Gasteiger charge is 2.11. The van der Waals surface area contributed by atoms with Gasteiger partial charge in [0.2, 0.25) is 0 Å². The molecule has 0 amide bonds. The number of anilines is 1. The van der Waals surface area contributed by atoms with Gasteiger partial charge in [-0.05, 0) is 74.7 Å². The Kier molecular flexibility index (Phi) is 9.90. The summed E-state index contributed by atoms with van der Waals surface area (Å²) in [4.78, 5) is 5.65. The first-order valence-corrected chi connectivity index (χ1v) is 12.1. The monoisotopic (exact) mass is 455 g/mol. The Morgan fingerprint density at radius 2 is 1.72 bits per heavy atom. The smallest absolute Gasteiger partial charge is 0.154 e. The maximum Gasteiger partial charge on any atom is 0.154 e. The van der Waals surface area contributed by atoms with Gasteiger partial charge in [-0.3, -0.25) is 0 Å². The van der Waals surface area contributed by atoms with E-state index >= 15 is 0 Å². The Hall–Kier alpha value is -2.52. The maximum absolute atomic E-state index is 8.83. The second-order valence-electron chi connectivity index (χ2n) is 7.56. The number of nitrogens with zero attached hydrogens (tertiary/aromatic N) is 3. The molecule has 0 bridgehead atoms. The summed E-state index contributed by atoms with van der Waals surface area (Å²) in [5.41, 5.74) is 7.05. The van der Waals surface area contributed by atoms with Crippen LogP contribution in [0.2, 0.25) is 0 Å². The van der Waals surface area contributed by atoms with Crippen molar-refractivity contribution in [3.63, 3.8) is 0 Å². The Bertz CT molecular complexity index is 1040. The van der Waals surface area contributed by atoms with Crippen molar-refractivity contribution in [2.75, 3.05) is 31.6 Å². The first-order valence-electron chi connectivity index (χ1n) is 11.3. The molecule has 7 nitrogen and oxygen atoms in total. The van der Waals surface area contributed by atoms with E-state index in [0.717, 1.165) is 68.8 Å². The third kappa shape index (κ3) is 6.74. The molecule has 0 aliphatic heterocycles. The fraction of sp³-hybridized carbons (Fsp3) is 0.417. The van der Waals surface area contributed by atoms with Crippen molar-refractivity contribution in [2.45, 2.75) is 38.5 Å². The van der Waals surface area contributed by atoms with Crippen molar-refractivity contribution in [2.24, 2.45) is 5.73 Å². The average molecular weight is 456 g/mol. The lowest BCUT2D eigenvalue weighted by molar-refractivity contribution is 0.283. The molecule has 0 aliphatic carbocycles. The van der Waals surface area contributed by atoms with Crippen LogP contribution in [0.1, 0.15) is 38.5 Å². The molecule has 1 aromatic carbocycles. The van der Waals surface area contributed by atoms with E-state index in [1.54, 1.807) is 11.3 Å². The van der Waals surface area contributed by atoms with Crippen molar-refractivity contribution in [1.29, 1.82) is 0 Å². The van der Waals surface area contributed by atoms with Gasteiger partial charge in [0, 0.05) is 24.5 Å². The molecule has 3 aromatic heterocycles. The topological polar surface area (TPSA) is 109 Å². The van der Waals surface area contributed by atoms with Crippen LogP contribution < -0.4 is 11.1 Å². The third-order valence-electron chi connectivity index (χ3n) is 5.04. The summed E-state index contributed by atoms with van der Waals surface area (Å²) in [5.74, 6) is 0.844. The molecule has 5 N–H and O–H groups in total. The minimum atomic E-state index is 0.262. The number of fused-ring (bicyclic) bond motifs is 2. The first-order chi connectivity index (χ1) is 15.8. The number of rotatable bonds is 11. The average Bonchev–Trinajstić information content (AvgIpc) is 3.43. The largest absolute Gasteiger partial charge is 0.396 e. The van der Waals surface area contributed by atoms with Crippen LogP contribution in [-0.2, 0) is 0 Å². The van der Waals surface area contributed by atoms with Crippen LogP contribution in [0.3, 0.4) is 0 Å². The van der Waals surface area contributed by atoms with Crippen LogP contribution in [-0.4, -0.2) is 51.1 Å². The third-order valence-corrected chi connectivity index (χ3v) is 6.18. The normalized spacial score (nSPS) is 11.0. The molecule has 0 unspecified atom stereocenters. The van der Waals surface area contributed by atoms with Crippen LogP contribution in [0.4, 0.5) is 5.82 Å². The summed E-state index contributed by atoms with van der Waals surface area (Å²) in [6, 6.07) is 14.5. The zero-order chi connectivity index (χ0) is 22.6. The van der Waals surface area contributed by atoms with Gasteiger partial charge >= 0.3 is 0 Å². The zero-order valence-corrected chi connectivity index (χ0v) is 19.2. The van der Waals surface area contributed by atoms with Gasteiger partial charge in [-0.1, -0.05) is 18.2 Å². The van der Waals surface area contributed by atoms with Crippen molar-refractivity contribution >= 4 is 32.9 Å². The van der Waals surface area contributed by atoms with E-state index in [0.29, 0.717) is 6.61 Å². The number of nitrogens with two attached hydrogens (primary N) is 1. The second-order valence-corrected chi connectivity index (χ2v) is 8.65. The van der Waals surface area contributed by atoms with Crippen LogP contribution in [0.5, 0.6) is 0 Å². The number of hydrogen-bond donors (Lipinski definition) is 4. The number of imidazole rings is 1. The molecule has 0 aliphatic rings. The van der Waals surface area contributed by atoms with E-state index in [4.69, 9.17) is 21.0 Å². The number of hydrogen-bond acceptors (Lipinski definition) is 7. The molecule has 172 valence electrons. The predicted octanol–water partition coefficient (Wildman–Crippen LogP) is 4.29. The van der Waals surface area contributed by atoms with E-state index in [1.807, 2.05) is 22.8 Å². The first kappa shape index (κ1) is 24.1. The number of aromatic nitrogens is 3. The molecular formula is C24H33N5O2S. The van der Waals surface area contributed by atoms with Crippen molar-refractivity contribution in [3.05, 3.63) is 48.7 Å². The minimum Gasteiger partial charge on any atom is -0.396 e. The Balaban J connectivity index is 0.000000360. The Morgan fingerprint density at radius 1 is 0.938 bits per heavy atom. The fourth-order valence-electron chi connectivity index (χ4n) is 3.31. The van der Waals surface area contributed by atoms with Crippen molar-refractivity contribution < 1.29 is 10.2 Å². The van der Waals surface area contributed by atoms with Crippen LogP contribution in [0.25, 0.3) is 26.3 Å². The highest BCUT2D eigenvalue weighted by Crippen LogP contribution is 2.33. The molecule has 32 heavy (non-hydrogen) atoms. The molecule has 4 rings (SSSR count). The van der Waals surface area contributed by atoms with E-state index in [-0.39, 0.29) is 6.61 Å². The Morgan fingerprint density at radius 3 is 2.47 bits per heavy atom. The summed E-state index contributed by atoms with van der Waals surface area (Å²) in [5, 5.41) is 26.4. The van der Waals surface area contributed by atoms with Gasteiger partial charge in [0.15, 0.2) is 5.65 Å². The zero-order valence-electron chi connectivity index (χ0n) is 18.4. The van der Waals surface area contributed by atoms with Gasteiger partial charge in [-0.25, -0.2) is 9.50 Å². The van der Waals surface area contributed by atoms with E-state index in [2.05, 4.69) is 40.6 Å². The number of aliphatic hydroxyl groups is 2. The second kappa shape index (κ2) is 13.1. The van der Waals surface area contributed by atoms with Gasteiger partial charge in [-0.2, -0.15) is 0 Å². The fourth-order valence-corrected chi connectivity index (χ4v) is 4.36. The summed E-state index contributed by atoms with van der Waals surface area (Å²) in [7, 11) is 0. The van der Waals surface area contributed by atoms with Crippen LogP contribution in [0.15, 0.2) is 48.7 Å². The van der Waals surface area contributed by atoms with Crippen molar-refractivity contribution in [3.8, 4) is 10.6 Å². The molecule has 0 saturated heterocycles. The molecule has 0 radical (unpaired) electrons. The number of unbranched alkanes of at least 4 members (excludes halogenated alkanes) is 4. The highest BCUT2D eigenvalue weighted by molar-refractivity contribution is 7.22. The van der Waals surface area contributed by atoms with Crippen molar-refractivity contribution in [1.82, 2.24) is 14.6 Å². The minimum absolute atomic E-state index is 0.262. The van der Waals surface area contributed by atoms with E-state index in [9.17, 15) is 0 Å².